The molecule has 3 amide bonds. The summed E-state index contributed by atoms with van der Waals surface area (Å²) in [5.41, 5.74) is 0.837. The molecule has 0 saturated carbocycles. The molecule has 0 unspecified atom stereocenters. The molecule has 4 rings (SSSR count). The molecule has 0 aromatic heterocycles. The van der Waals surface area contributed by atoms with Gasteiger partial charge in [-0.05, 0) is 31.4 Å². The fraction of sp³-hybridized carbons (Fsp3) is 0.619. The van der Waals surface area contributed by atoms with Crippen molar-refractivity contribution in [3.8, 4) is 5.75 Å². The molecule has 7 nitrogen and oxygen atoms in total. The molecule has 0 aliphatic carbocycles. The molecule has 0 bridgehead atoms. The van der Waals surface area contributed by atoms with E-state index in [0.717, 1.165) is 30.7 Å². The first-order chi connectivity index (χ1) is 13.7. The first kappa shape index (κ1) is 19.1. The number of fused-ring (bicyclic) bond motifs is 1. The zero-order valence-corrected chi connectivity index (χ0v) is 16.5. The molecule has 28 heavy (non-hydrogen) atoms. The van der Waals surface area contributed by atoms with E-state index in [0.29, 0.717) is 45.9 Å². The number of nitrogens with zero attached hydrogens (tertiary/aromatic N) is 3. The van der Waals surface area contributed by atoms with E-state index in [9.17, 15) is 9.59 Å². The summed E-state index contributed by atoms with van der Waals surface area (Å²) in [5.74, 6) is 1.01. The first-order valence-electron chi connectivity index (χ1n) is 10.4. The molecule has 3 aliphatic rings. The fourth-order valence-electron chi connectivity index (χ4n) is 4.22. The van der Waals surface area contributed by atoms with Crippen LogP contribution in [0, 0.1) is 5.92 Å². The van der Waals surface area contributed by atoms with Gasteiger partial charge in [-0.25, -0.2) is 4.79 Å². The van der Waals surface area contributed by atoms with E-state index in [-0.39, 0.29) is 24.0 Å². The van der Waals surface area contributed by atoms with Gasteiger partial charge in [0, 0.05) is 32.1 Å². The number of morpholine rings is 1. The molecule has 0 spiro atoms. The van der Waals surface area contributed by atoms with Gasteiger partial charge in [0.05, 0.1) is 25.4 Å². The maximum Gasteiger partial charge on any atom is 0.324 e. The van der Waals surface area contributed by atoms with Crippen molar-refractivity contribution in [2.75, 3.05) is 50.8 Å². The van der Waals surface area contributed by atoms with Crippen LogP contribution in [0.5, 0.6) is 5.75 Å². The number of likely N-dealkylation sites (tertiary alicyclic amines) is 1. The van der Waals surface area contributed by atoms with Crippen LogP contribution >= 0.6 is 0 Å². The molecule has 3 heterocycles. The second kappa shape index (κ2) is 8.39. The van der Waals surface area contributed by atoms with Gasteiger partial charge in [-0.3, -0.25) is 9.69 Å². The molecule has 152 valence electrons. The van der Waals surface area contributed by atoms with Crippen LogP contribution < -0.4 is 9.64 Å². The second-order valence-corrected chi connectivity index (χ2v) is 7.71. The van der Waals surface area contributed by atoms with E-state index < -0.39 is 0 Å². The van der Waals surface area contributed by atoms with Gasteiger partial charge in [0.2, 0.25) is 5.91 Å². The van der Waals surface area contributed by atoms with E-state index in [1.54, 1.807) is 0 Å². The molecule has 2 fully saturated rings. The molecule has 0 N–H and O–H groups in total. The summed E-state index contributed by atoms with van der Waals surface area (Å²) in [7, 11) is 0. The number of carbonyl (C=O) groups excluding carboxylic acids is 2. The number of carbonyl (C=O) groups is 2. The number of benzene rings is 1. The zero-order chi connectivity index (χ0) is 19.5. The van der Waals surface area contributed by atoms with Gasteiger partial charge in [-0.15, -0.1) is 0 Å². The van der Waals surface area contributed by atoms with Gasteiger partial charge < -0.3 is 19.3 Å². The van der Waals surface area contributed by atoms with Gasteiger partial charge in [-0.1, -0.05) is 19.1 Å². The van der Waals surface area contributed by atoms with E-state index >= 15 is 0 Å². The van der Waals surface area contributed by atoms with Crippen LogP contribution in [0.3, 0.4) is 0 Å². The number of hydrogen-bond acceptors (Lipinski definition) is 4. The molecule has 1 atom stereocenters. The molecular formula is C21H29N3O4. The quantitative estimate of drug-likeness (QED) is 0.782. The fourth-order valence-corrected chi connectivity index (χ4v) is 4.22. The summed E-state index contributed by atoms with van der Waals surface area (Å²) in [5, 5.41) is 0. The second-order valence-electron chi connectivity index (χ2n) is 7.71. The van der Waals surface area contributed by atoms with Crippen LogP contribution in [-0.2, 0) is 9.53 Å². The van der Waals surface area contributed by atoms with Crippen molar-refractivity contribution in [1.82, 2.24) is 9.80 Å². The van der Waals surface area contributed by atoms with Crippen LogP contribution in [-0.4, -0.2) is 73.8 Å². The topological polar surface area (TPSA) is 62.3 Å². The Balaban J connectivity index is 1.39. The Labute approximate surface area is 166 Å². The predicted octanol–water partition coefficient (Wildman–Crippen LogP) is 2.35. The normalized spacial score (nSPS) is 23.2. The zero-order valence-electron chi connectivity index (χ0n) is 16.5. The lowest BCUT2D eigenvalue weighted by Crippen LogP contribution is -2.53. The highest BCUT2D eigenvalue weighted by atomic mass is 16.5. The van der Waals surface area contributed by atoms with Crippen molar-refractivity contribution >= 4 is 17.6 Å². The maximum absolute atomic E-state index is 13.2. The minimum atomic E-state index is 0.0132. The Morgan fingerprint density at radius 3 is 2.46 bits per heavy atom. The van der Waals surface area contributed by atoms with Crippen molar-refractivity contribution in [1.29, 1.82) is 0 Å². The highest BCUT2D eigenvalue weighted by molar-refractivity contribution is 5.94. The summed E-state index contributed by atoms with van der Waals surface area (Å²) in [6, 6.07) is 7.74. The van der Waals surface area contributed by atoms with E-state index in [1.807, 2.05) is 39.0 Å². The molecule has 1 aromatic carbocycles. The van der Waals surface area contributed by atoms with Gasteiger partial charge in [0.1, 0.15) is 11.9 Å². The van der Waals surface area contributed by atoms with Crippen LogP contribution in [0.25, 0.3) is 0 Å². The highest BCUT2D eigenvalue weighted by Crippen LogP contribution is 2.35. The third-order valence-electron chi connectivity index (χ3n) is 5.96. The molecule has 3 aliphatic heterocycles. The third-order valence-corrected chi connectivity index (χ3v) is 5.96. The number of hydrogen-bond donors (Lipinski definition) is 0. The average Bonchev–Trinajstić information content (AvgIpc) is 2.78. The maximum atomic E-state index is 13.2. The van der Waals surface area contributed by atoms with Gasteiger partial charge in [0.15, 0.2) is 0 Å². The molecule has 1 aromatic rings. The van der Waals surface area contributed by atoms with Crippen LogP contribution in [0.15, 0.2) is 24.3 Å². The third kappa shape index (κ3) is 3.81. The Bertz CT molecular complexity index is 711. The standard InChI is InChI=1S/C21H29N3O4/c1-2-17-15-24(18-5-3-4-6-19(18)28-17)21(26)23-9-7-16(8-10-23)20(25)22-11-13-27-14-12-22/h3-6,16-17H,2,7-15H2,1H3/t17-/m1/s1. The largest absolute Gasteiger partial charge is 0.486 e. The Morgan fingerprint density at radius 2 is 1.75 bits per heavy atom. The lowest BCUT2D eigenvalue weighted by Gasteiger charge is -2.40. The van der Waals surface area contributed by atoms with Crippen molar-refractivity contribution in [2.45, 2.75) is 32.3 Å². The lowest BCUT2D eigenvalue weighted by molar-refractivity contribution is -0.141. The highest BCUT2D eigenvalue weighted by Gasteiger charge is 2.35. The molecule has 0 radical (unpaired) electrons. The van der Waals surface area contributed by atoms with E-state index in [2.05, 4.69) is 6.92 Å². The Morgan fingerprint density at radius 1 is 1.04 bits per heavy atom. The van der Waals surface area contributed by atoms with Gasteiger partial charge in [-0.2, -0.15) is 0 Å². The number of urea groups is 1. The summed E-state index contributed by atoms with van der Waals surface area (Å²) >= 11 is 0. The Hall–Kier alpha value is -2.28. The number of para-hydroxylation sites is 2. The average molecular weight is 387 g/mol. The predicted molar refractivity (Wildman–Crippen MR) is 106 cm³/mol. The summed E-state index contributed by atoms with van der Waals surface area (Å²) in [4.78, 5) is 31.6. The van der Waals surface area contributed by atoms with Crippen LogP contribution in [0.2, 0.25) is 0 Å². The number of piperidine rings is 1. The van der Waals surface area contributed by atoms with Crippen molar-refractivity contribution in [3.05, 3.63) is 24.3 Å². The van der Waals surface area contributed by atoms with Crippen molar-refractivity contribution in [2.24, 2.45) is 5.92 Å². The smallest absolute Gasteiger partial charge is 0.324 e. The summed E-state index contributed by atoms with van der Waals surface area (Å²) < 4.78 is 11.3. The van der Waals surface area contributed by atoms with Gasteiger partial charge >= 0.3 is 6.03 Å². The van der Waals surface area contributed by atoms with Crippen LogP contribution in [0.1, 0.15) is 26.2 Å². The molecule has 7 heteroatoms. The number of rotatable bonds is 2. The van der Waals surface area contributed by atoms with Crippen molar-refractivity contribution < 1.29 is 19.1 Å². The minimum absolute atomic E-state index is 0.0132. The van der Waals surface area contributed by atoms with Gasteiger partial charge in [0.25, 0.3) is 0 Å². The summed E-state index contributed by atoms with van der Waals surface area (Å²) in [6.07, 6.45) is 2.32. The van der Waals surface area contributed by atoms with E-state index in [4.69, 9.17) is 9.47 Å². The number of ether oxygens (including phenoxy) is 2. The SMILES string of the molecule is CC[C@@H]1CN(C(=O)N2CCC(C(=O)N3CCOCC3)CC2)c2ccccc2O1. The molecular weight excluding hydrogens is 358 g/mol. The monoisotopic (exact) mass is 387 g/mol. The molecule has 2 saturated heterocycles. The van der Waals surface area contributed by atoms with Crippen molar-refractivity contribution in [3.63, 3.8) is 0 Å². The van der Waals surface area contributed by atoms with Crippen LogP contribution in [0.4, 0.5) is 10.5 Å². The Kier molecular flexibility index (Phi) is 5.71. The van der Waals surface area contributed by atoms with E-state index in [1.165, 1.54) is 0 Å². The number of anilines is 1. The minimum Gasteiger partial charge on any atom is -0.486 e. The number of amides is 3. The summed E-state index contributed by atoms with van der Waals surface area (Å²) in [6.45, 7) is 6.49. The first-order valence-corrected chi connectivity index (χ1v) is 10.4. The lowest BCUT2D eigenvalue weighted by atomic mass is 9.95.